The third-order valence-corrected chi connectivity index (χ3v) is 4.64. The largest absolute Gasteiger partial charge is 0.359 e. The van der Waals surface area contributed by atoms with Crippen LogP contribution in [0.25, 0.3) is 11.5 Å². The van der Waals surface area contributed by atoms with Crippen LogP contribution in [-0.2, 0) is 19.4 Å². The molecule has 0 saturated carbocycles. The molecular formula is C19H22N6. The molecule has 3 aromatic heterocycles. The van der Waals surface area contributed by atoms with Crippen LogP contribution in [0.5, 0.6) is 0 Å². The van der Waals surface area contributed by atoms with E-state index in [1.54, 1.807) is 6.20 Å². The van der Waals surface area contributed by atoms with Crippen molar-refractivity contribution in [3.05, 3.63) is 54.4 Å². The zero-order chi connectivity index (χ0) is 17.1. The zero-order valence-electron chi connectivity index (χ0n) is 14.5. The number of imidazole rings is 1. The monoisotopic (exact) mass is 334 g/mol. The van der Waals surface area contributed by atoms with Crippen molar-refractivity contribution in [2.75, 3.05) is 18.5 Å². The summed E-state index contributed by atoms with van der Waals surface area (Å²) < 4.78 is 2.11. The molecule has 3 aromatic rings. The molecule has 0 bridgehead atoms. The van der Waals surface area contributed by atoms with Crippen LogP contribution < -0.4 is 4.90 Å². The lowest BCUT2D eigenvalue weighted by atomic mass is 10.2. The van der Waals surface area contributed by atoms with Crippen molar-refractivity contribution in [2.45, 2.75) is 32.2 Å². The molecule has 3 heterocycles. The predicted molar refractivity (Wildman–Crippen MR) is 97.4 cm³/mol. The van der Waals surface area contributed by atoms with Gasteiger partial charge in [0.1, 0.15) is 11.5 Å². The SMILES string of the molecule is CN(CCCn1ccnc1)c1nc(-c2ccccn2)nc2c1CCC2. The Balaban J connectivity index is 1.56. The van der Waals surface area contributed by atoms with E-state index in [1.807, 2.05) is 36.9 Å². The van der Waals surface area contributed by atoms with Crippen molar-refractivity contribution in [3.8, 4) is 11.5 Å². The zero-order valence-corrected chi connectivity index (χ0v) is 14.5. The first-order valence-corrected chi connectivity index (χ1v) is 8.79. The molecule has 0 aromatic carbocycles. The molecule has 0 unspecified atom stereocenters. The third kappa shape index (κ3) is 3.38. The fraction of sp³-hybridized carbons (Fsp3) is 0.368. The van der Waals surface area contributed by atoms with Crippen molar-refractivity contribution >= 4 is 5.82 Å². The van der Waals surface area contributed by atoms with Crippen molar-refractivity contribution < 1.29 is 0 Å². The number of hydrogen-bond acceptors (Lipinski definition) is 5. The molecule has 0 N–H and O–H groups in total. The van der Waals surface area contributed by atoms with Gasteiger partial charge in [-0.2, -0.15) is 0 Å². The highest BCUT2D eigenvalue weighted by Crippen LogP contribution is 2.30. The van der Waals surface area contributed by atoms with E-state index in [0.29, 0.717) is 0 Å². The quantitative estimate of drug-likeness (QED) is 0.694. The average Bonchev–Trinajstić information content (AvgIpc) is 3.33. The standard InChI is InChI=1S/C19H22N6/c1-24(11-5-12-25-13-10-20-14-25)19-15-6-4-8-16(15)22-18(23-19)17-7-2-3-9-21-17/h2-3,7,9-10,13-14H,4-6,8,11-12H2,1H3. The number of aromatic nitrogens is 5. The van der Waals surface area contributed by atoms with Crippen molar-refractivity contribution in [1.82, 2.24) is 24.5 Å². The van der Waals surface area contributed by atoms with E-state index in [2.05, 4.69) is 26.5 Å². The number of aryl methyl sites for hydroxylation is 2. The second-order valence-corrected chi connectivity index (χ2v) is 6.44. The van der Waals surface area contributed by atoms with E-state index >= 15 is 0 Å². The number of nitrogens with zero attached hydrogens (tertiary/aromatic N) is 6. The lowest BCUT2D eigenvalue weighted by Gasteiger charge is -2.21. The summed E-state index contributed by atoms with van der Waals surface area (Å²) in [5.74, 6) is 1.80. The Hall–Kier alpha value is -2.76. The highest BCUT2D eigenvalue weighted by molar-refractivity contribution is 5.58. The molecule has 25 heavy (non-hydrogen) atoms. The van der Waals surface area contributed by atoms with Crippen LogP contribution in [0.15, 0.2) is 43.1 Å². The topological polar surface area (TPSA) is 59.7 Å². The van der Waals surface area contributed by atoms with Crippen LogP contribution >= 0.6 is 0 Å². The van der Waals surface area contributed by atoms with E-state index in [4.69, 9.17) is 9.97 Å². The minimum Gasteiger partial charge on any atom is -0.359 e. The van der Waals surface area contributed by atoms with E-state index < -0.39 is 0 Å². The van der Waals surface area contributed by atoms with Gasteiger partial charge in [-0.1, -0.05) is 6.07 Å². The van der Waals surface area contributed by atoms with E-state index in [1.165, 1.54) is 11.3 Å². The molecule has 0 atom stereocenters. The predicted octanol–water partition coefficient (Wildman–Crippen LogP) is 2.75. The number of rotatable bonds is 6. The van der Waals surface area contributed by atoms with Gasteiger partial charge in [-0.25, -0.2) is 15.0 Å². The first kappa shape index (κ1) is 15.7. The summed E-state index contributed by atoms with van der Waals surface area (Å²) in [4.78, 5) is 20.4. The van der Waals surface area contributed by atoms with E-state index in [-0.39, 0.29) is 0 Å². The molecule has 1 aliphatic rings. The van der Waals surface area contributed by atoms with Crippen LogP contribution in [0.2, 0.25) is 0 Å². The smallest absolute Gasteiger partial charge is 0.180 e. The highest BCUT2D eigenvalue weighted by Gasteiger charge is 2.22. The Morgan fingerprint density at radius 2 is 2.12 bits per heavy atom. The summed E-state index contributed by atoms with van der Waals surface area (Å²) >= 11 is 0. The van der Waals surface area contributed by atoms with Crippen molar-refractivity contribution in [2.24, 2.45) is 0 Å². The molecule has 1 aliphatic carbocycles. The summed E-state index contributed by atoms with van der Waals surface area (Å²) in [5, 5.41) is 0. The van der Waals surface area contributed by atoms with Crippen LogP contribution in [0, 0.1) is 0 Å². The van der Waals surface area contributed by atoms with Gasteiger partial charge in [0, 0.05) is 50.0 Å². The van der Waals surface area contributed by atoms with E-state index in [0.717, 1.165) is 56.1 Å². The summed E-state index contributed by atoms with van der Waals surface area (Å²) in [6, 6.07) is 5.87. The lowest BCUT2D eigenvalue weighted by Crippen LogP contribution is -2.23. The fourth-order valence-electron chi connectivity index (χ4n) is 3.35. The van der Waals surface area contributed by atoms with Crippen LogP contribution in [0.1, 0.15) is 24.1 Å². The van der Waals surface area contributed by atoms with Gasteiger partial charge < -0.3 is 9.47 Å². The molecule has 0 aliphatic heterocycles. The first-order valence-electron chi connectivity index (χ1n) is 8.79. The van der Waals surface area contributed by atoms with Gasteiger partial charge in [0.2, 0.25) is 0 Å². The number of anilines is 1. The Kier molecular flexibility index (Phi) is 4.41. The van der Waals surface area contributed by atoms with Gasteiger partial charge in [-0.05, 0) is 37.8 Å². The maximum absolute atomic E-state index is 4.86. The number of fused-ring (bicyclic) bond motifs is 1. The molecule has 0 radical (unpaired) electrons. The Morgan fingerprint density at radius 3 is 2.92 bits per heavy atom. The molecule has 6 nitrogen and oxygen atoms in total. The molecule has 0 amide bonds. The summed E-state index contributed by atoms with van der Waals surface area (Å²) in [7, 11) is 2.12. The van der Waals surface area contributed by atoms with Crippen molar-refractivity contribution in [3.63, 3.8) is 0 Å². The molecule has 6 heteroatoms. The average molecular weight is 334 g/mol. The minimum absolute atomic E-state index is 0.734. The Bertz CT molecular complexity index is 829. The molecular weight excluding hydrogens is 312 g/mol. The summed E-state index contributed by atoms with van der Waals surface area (Å²) in [6.45, 7) is 1.91. The minimum atomic E-state index is 0.734. The fourth-order valence-corrected chi connectivity index (χ4v) is 3.35. The number of hydrogen-bond donors (Lipinski definition) is 0. The number of pyridine rings is 1. The maximum Gasteiger partial charge on any atom is 0.180 e. The third-order valence-electron chi connectivity index (χ3n) is 4.64. The molecule has 0 fully saturated rings. The van der Waals surface area contributed by atoms with Crippen molar-refractivity contribution in [1.29, 1.82) is 0 Å². The molecule has 0 spiro atoms. The summed E-state index contributed by atoms with van der Waals surface area (Å²) in [6.07, 6.45) is 11.8. The lowest BCUT2D eigenvalue weighted by molar-refractivity contribution is 0.634. The van der Waals surface area contributed by atoms with Crippen LogP contribution in [0.4, 0.5) is 5.82 Å². The summed E-state index contributed by atoms with van der Waals surface area (Å²) in [5.41, 5.74) is 3.34. The van der Waals surface area contributed by atoms with Gasteiger partial charge in [0.15, 0.2) is 5.82 Å². The van der Waals surface area contributed by atoms with Crippen LogP contribution in [-0.4, -0.2) is 38.1 Å². The molecule has 0 saturated heterocycles. The second-order valence-electron chi connectivity index (χ2n) is 6.44. The van der Waals surface area contributed by atoms with Gasteiger partial charge in [0.05, 0.1) is 6.33 Å². The second kappa shape index (κ2) is 7.01. The molecule has 4 rings (SSSR count). The maximum atomic E-state index is 4.86. The van der Waals surface area contributed by atoms with E-state index in [9.17, 15) is 0 Å². The van der Waals surface area contributed by atoms with Crippen LogP contribution in [0.3, 0.4) is 0 Å². The van der Waals surface area contributed by atoms with Gasteiger partial charge in [0.25, 0.3) is 0 Å². The van der Waals surface area contributed by atoms with Gasteiger partial charge in [-0.3, -0.25) is 4.98 Å². The van der Waals surface area contributed by atoms with Gasteiger partial charge >= 0.3 is 0 Å². The first-order chi connectivity index (χ1) is 12.3. The Labute approximate surface area is 147 Å². The molecule has 128 valence electrons. The van der Waals surface area contributed by atoms with Gasteiger partial charge in [-0.15, -0.1) is 0 Å². The highest BCUT2D eigenvalue weighted by atomic mass is 15.2. The Morgan fingerprint density at radius 1 is 1.16 bits per heavy atom. The normalized spacial score (nSPS) is 13.0.